The standard InChI is InChI=1S/C13H11ClF3N3/c1-7-4-11(18)12(19-6-7)20-8-2-3-10(14)9(5-8)13(15,16)17/h2-6H,18H2,1H3,(H,19,20). The van der Waals surface area contributed by atoms with E-state index in [9.17, 15) is 13.2 Å². The summed E-state index contributed by atoms with van der Waals surface area (Å²) in [6.07, 6.45) is -2.94. The minimum Gasteiger partial charge on any atom is -0.396 e. The number of hydrogen-bond acceptors (Lipinski definition) is 3. The summed E-state index contributed by atoms with van der Waals surface area (Å²) in [5.74, 6) is 0.297. The highest BCUT2D eigenvalue weighted by Gasteiger charge is 2.33. The van der Waals surface area contributed by atoms with E-state index >= 15 is 0 Å². The maximum absolute atomic E-state index is 12.7. The van der Waals surface area contributed by atoms with Crippen molar-refractivity contribution in [2.75, 3.05) is 11.1 Å². The number of nitrogens with two attached hydrogens (primary N) is 1. The van der Waals surface area contributed by atoms with E-state index < -0.39 is 11.7 Å². The lowest BCUT2D eigenvalue weighted by molar-refractivity contribution is -0.137. The Kier molecular flexibility index (Phi) is 3.76. The Hall–Kier alpha value is -1.95. The molecule has 3 N–H and O–H groups in total. The lowest BCUT2D eigenvalue weighted by Crippen LogP contribution is -2.07. The summed E-state index contributed by atoms with van der Waals surface area (Å²) in [6, 6.07) is 5.20. The fourth-order valence-electron chi connectivity index (χ4n) is 1.65. The number of aryl methyl sites for hydroxylation is 1. The first kappa shape index (κ1) is 14.5. The van der Waals surface area contributed by atoms with Crippen molar-refractivity contribution in [3.05, 3.63) is 46.6 Å². The van der Waals surface area contributed by atoms with Crippen molar-refractivity contribution in [2.24, 2.45) is 0 Å². The number of nitrogens with one attached hydrogen (secondary N) is 1. The molecule has 0 spiro atoms. The normalized spacial score (nSPS) is 11.4. The first-order valence-corrected chi connectivity index (χ1v) is 6.01. The number of halogens is 4. The van der Waals surface area contributed by atoms with Crippen LogP contribution in [-0.4, -0.2) is 4.98 Å². The van der Waals surface area contributed by atoms with E-state index in [1.165, 1.54) is 12.1 Å². The molecule has 0 radical (unpaired) electrons. The van der Waals surface area contributed by atoms with E-state index in [4.69, 9.17) is 17.3 Å². The molecule has 0 saturated carbocycles. The van der Waals surface area contributed by atoms with Gasteiger partial charge in [0.05, 0.1) is 16.3 Å². The Morgan fingerprint density at radius 1 is 1.25 bits per heavy atom. The number of nitrogen functional groups attached to an aromatic ring is 1. The number of nitrogens with zero attached hydrogens (tertiary/aromatic N) is 1. The monoisotopic (exact) mass is 301 g/mol. The molecule has 7 heteroatoms. The maximum Gasteiger partial charge on any atom is 0.417 e. The average molecular weight is 302 g/mol. The number of rotatable bonds is 2. The summed E-state index contributed by atoms with van der Waals surface area (Å²) >= 11 is 5.55. The highest BCUT2D eigenvalue weighted by atomic mass is 35.5. The summed E-state index contributed by atoms with van der Waals surface area (Å²) in [7, 11) is 0. The Morgan fingerprint density at radius 2 is 1.95 bits per heavy atom. The van der Waals surface area contributed by atoms with Crippen molar-refractivity contribution in [1.29, 1.82) is 0 Å². The predicted octanol–water partition coefficient (Wildman–Crippen LogP) is 4.39. The molecule has 0 aliphatic carbocycles. The van der Waals surface area contributed by atoms with Crippen LogP contribution in [0, 0.1) is 6.92 Å². The second-order valence-electron chi connectivity index (χ2n) is 4.27. The van der Waals surface area contributed by atoms with Crippen LogP contribution in [0.2, 0.25) is 5.02 Å². The van der Waals surface area contributed by atoms with Gasteiger partial charge in [-0.15, -0.1) is 0 Å². The van der Waals surface area contributed by atoms with Crippen molar-refractivity contribution in [3.8, 4) is 0 Å². The zero-order valence-electron chi connectivity index (χ0n) is 10.4. The number of benzene rings is 1. The third-order valence-electron chi connectivity index (χ3n) is 2.59. The van der Waals surface area contributed by atoms with Crippen molar-refractivity contribution in [2.45, 2.75) is 13.1 Å². The average Bonchev–Trinajstić information content (AvgIpc) is 2.33. The second kappa shape index (κ2) is 5.20. The first-order valence-electron chi connectivity index (χ1n) is 5.63. The van der Waals surface area contributed by atoms with Gasteiger partial charge in [0.15, 0.2) is 5.82 Å². The summed E-state index contributed by atoms with van der Waals surface area (Å²) in [6.45, 7) is 1.82. The van der Waals surface area contributed by atoms with Crippen LogP contribution in [0.4, 0.5) is 30.4 Å². The molecule has 3 nitrogen and oxygen atoms in total. The highest BCUT2D eigenvalue weighted by Crippen LogP contribution is 2.36. The van der Waals surface area contributed by atoms with Crippen molar-refractivity contribution < 1.29 is 13.2 Å². The first-order chi connectivity index (χ1) is 9.27. The summed E-state index contributed by atoms with van der Waals surface area (Å²) < 4.78 is 38.2. The lowest BCUT2D eigenvalue weighted by atomic mass is 10.2. The summed E-state index contributed by atoms with van der Waals surface area (Å²) in [5.41, 5.74) is 6.27. The molecule has 106 valence electrons. The van der Waals surface area contributed by atoms with Crippen LogP contribution in [0.5, 0.6) is 0 Å². The van der Waals surface area contributed by atoms with Gasteiger partial charge in [0.2, 0.25) is 0 Å². The second-order valence-corrected chi connectivity index (χ2v) is 4.68. The number of aromatic nitrogens is 1. The van der Waals surface area contributed by atoms with E-state index in [2.05, 4.69) is 10.3 Å². The molecule has 1 aromatic heterocycles. The van der Waals surface area contributed by atoms with Crippen LogP contribution in [0.3, 0.4) is 0 Å². The Morgan fingerprint density at radius 3 is 2.55 bits per heavy atom. The van der Waals surface area contributed by atoms with Crippen molar-refractivity contribution >= 4 is 28.8 Å². The fourth-order valence-corrected chi connectivity index (χ4v) is 1.88. The zero-order valence-corrected chi connectivity index (χ0v) is 11.2. The van der Waals surface area contributed by atoms with E-state index in [1.807, 2.05) is 6.92 Å². The third-order valence-corrected chi connectivity index (χ3v) is 2.92. The molecular weight excluding hydrogens is 291 g/mol. The van der Waals surface area contributed by atoms with Gasteiger partial charge in [0.25, 0.3) is 0 Å². The smallest absolute Gasteiger partial charge is 0.396 e. The van der Waals surface area contributed by atoms with Crippen LogP contribution < -0.4 is 11.1 Å². The topological polar surface area (TPSA) is 50.9 Å². The van der Waals surface area contributed by atoms with E-state index in [0.717, 1.165) is 11.6 Å². The minimum atomic E-state index is -4.51. The van der Waals surface area contributed by atoms with Crippen LogP contribution >= 0.6 is 11.6 Å². The molecule has 1 aromatic carbocycles. The minimum absolute atomic E-state index is 0.213. The molecule has 0 fully saturated rings. The Balaban J connectivity index is 2.35. The van der Waals surface area contributed by atoms with Gasteiger partial charge in [0.1, 0.15) is 0 Å². The largest absolute Gasteiger partial charge is 0.417 e. The number of pyridine rings is 1. The Bertz CT molecular complexity index is 641. The number of hydrogen-bond donors (Lipinski definition) is 2. The van der Waals surface area contributed by atoms with Gasteiger partial charge in [-0.3, -0.25) is 0 Å². The van der Waals surface area contributed by atoms with Crippen LogP contribution in [0.15, 0.2) is 30.5 Å². The van der Waals surface area contributed by atoms with Gasteiger partial charge in [-0.2, -0.15) is 13.2 Å². The molecule has 1 heterocycles. The van der Waals surface area contributed by atoms with E-state index in [0.29, 0.717) is 11.5 Å². The molecule has 0 aliphatic heterocycles. The van der Waals surface area contributed by atoms with E-state index in [-0.39, 0.29) is 10.7 Å². The fraction of sp³-hybridized carbons (Fsp3) is 0.154. The van der Waals surface area contributed by atoms with Crippen molar-refractivity contribution in [1.82, 2.24) is 4.98 Å². The van der Waals surface area contributed by atoms with Gasteiger partial charge in [-0.1, -0.05) is 11.6 Å². The lowest BCUT2D eigenvalue weighted by Gasteiger charge is -2.13. The molecular formula is C13H11ClF3N3. The van der Waals surface area contributed by atoms with Gasteiger partial charge < -0.3 is 11.1 Å². The number of anilines is 3. The van der Waals surface area contributed by atoms with Crippen molar-refractivity contribution in [3.63, 3.8) is 0 Å². The molecule has 0 amide bonds. The SMILES string of the molecule is Cc1cnc(Nc2ccc(Cl)c(C(F)(F)F)c2)c(N)c1. The molecule has 0 saturated heterocycles. The van der Waals surface area contributed by atoms with Crippen LogP contribution in [0.1, 0.15) is 11.1 Å². The predicted molar refractivity (Wildman–Crippen MR) is 73.1 cm³/mol. The zero-order chi connectivity index (χ0) is 14.9. The highest BCUT2D eigenvalue weighted by molar-refractivity contribution is 6.31. The maximum atomic E-state index is 12.7. The van der Waals surface area contributed by atoms with Gasteiger partial charge in [-0.25, -0.2) is 4.98 Å². The summed E-state index contributed by atoms with van der Waals surface area (Å²) in [5, 5.41) is 2.39. The molecule has 0 unspecified atom stereocenters. The van der Waals surface area contributed by atoms with Crippen LogP contribution in [0.25, 0.3) is 0 Å². The summed E-state index contributed by atoms with van der Waals surface area (Å²) in [4.78, 5) is 4.04. The molecule has 2 rings (SSSR count). The molecule has 0 atom stereocenters. The van der Waals surface area contributed by atoms with Gasteiger partial charge in [-0.05, 0) is 36.8 Å². The molecule has 0 aliphatic rings. The third kappa shape index (κ3) is 3.14. The molecule has 2 aromatic rings. The Labute approximate surface area is 118 Å². The van der Waals surface area contributed by atoms with Crippen LogP contribution in [-0.2, 0) is 6.18 Å². The van der Waals surface area contributed by atoms with Gasteiger partial charge >= 0.3 is 6.18 Å². The molecule has 20 heavy (non-hydrogen) atoms. The van der Waals surface area contributed by atoms with E-state index in [1.54, 1.807) is 12.3 Å². The molecule has 0 bridgehead atoms. The number of alkyl halides is 3. The van der Waals surface area contributed by atoms with Gasteiger partial charge in [0, 0.05) is 11.9 Å². The quantitative estimate of drug-likeness (QED) is 0.865.